The molecule has 1 unspecified atom stereocenters. The molecule has 5 rings (SSSR count). The van der Waals surface area contributed by atoms with Crippen molar-refractivity contribution in [3.63, 3.8) is 0 Å². The topological polar surface area (TPSA) is 92.7 Å². The van der Waals surface area contributed by atoms with E-state index in [1.807, 2.05) is 37.3 Å². The van der Waals surface area contributed by atoms with Crippen LogP contribution in [0.25, 0.3) is 10.2 Å². The molecule has 1 atom stereocenters. The van der Waals surface area contributed by atoms with Crippen molar-refractivity contribution in [1.82, 2.24) is 14.3 Å². The minimum Gasteiger partial charge on any atom is -0.492 e. The molecule has 1 aliphatic rings. The van der Waals surface area contributed by atoms with E-state index in [1.165, 1.54) is 21.7 Å². The van der Waals surface area contributed by atoms with Crippen LogP contribution in [0.2, 0.25) is 4.34 Å². The minimum atomic E-state index is -3.87. The Balaban J connectivity index is 1.54. The largest absolute Gasteiger partial charge is 0.492 e. The predicted octanol–water partition coefficient (Wildman–Crippen LogP) is 5.19. The first kappa shape index (κ1) is 25.1. The Labute approximate surface area is 222 Å². The maximum Gasteiger partial charge on any atom is 0.253 e. The van der Waals surface area contributed by atoms with E-state index in [0.29, 0.717) is 45.9 Å². The first-order valence-corrected chi connectivity index (χ1v) is 14.8. The smallest absolute Gasteiger partial charge is 0.253 e. The number of nitrogens with zero attached hydrogens (tertiary/aromatic N) is 4. The van der Waals surface area contributed by atoms with Crippen LogP contribution in [0.15, 0.2) is 58.9 Å². The van der Waals surface area contributed by atoms with Crippen LogP contribution in [0.4, 0.5) is 5.13 Å². The Morgan fingerprint density at radius 3 is 2.78 bits per heavy atom. The highest BCUT2D eigenvalue weighted by molar-refractivity contribution is 7.91. The number of hydrogen-bond donors (Lipinski definition) is 0. The predicted molar refractivity (Wildman–Crippen MR) is 142 cm³/mol. The van der Waals surface area contributed by atoms with Crippen molar-refractivity contribution in [2.75, 3.05) is 18.1 Å². The molecule has 1 amide bonds. The van der Waals surface area contributed by atoms with Crippen molar-refractivity contribution in [3.8, 4) is 5.75 Å². The molecular formula is C24H23ClN4O4S3. The van der Waals surface area contributed by atoms with Crippen molar-refractivity contribution in [3.05, 3.63) is 64.8 Å². The zero-order valence-electron chi connectivity index (χ0n) is 19.3. The highest BCUT2D eigenvalue weighted by Crippen LogP contribution is 2.37. The summed E-state index contributed by atoms with van der Waals surface area (Å²) in [6.45, 7) is 2.82. The normalized spacial score (nSPS) is 16.4. The Hall–Kier alpha value is -2.57. The van der Waals surface area contributed by atoms with E-state index in [2.05, 4.69) is 4.98 Å². The number of sulfonamides is 1. The van der Waals surface area contributed by atoms with Gasteiger partial charge in [-0.25, -0.2) is 13.4 Å². The Kier molecular flexibility index (Phi) is 7.27. The number of thiazole rings is 1. The molecule has 4 aromatic rings. The molecule has 0 bridgehead atoms. The summed E-state index contributed by atoms with van der Waals surface area (Å²) < 4.78 is 35.2. The highest BCUT2D eigenvalue weighted by atomic mass is 35.5. The maximum atomic E-state index is 14.0. The number of carbonyl (C=O) groups excluding carboxylic acids is 1. The number of fused-ring (bicyclic) bond motifs is 1. The third-order valence-electron chi connectivity index (χ3n) is 5.81. The zero-order chi connectivity index (χ0) is 25.3. The number of hydrogen-bond acceptors (Lipinski definition) is 8. The molecule has 12 heteroatoms. The first-order valence-electron chi connectivity index (χ1n) is 11.4. The molecule has 0 aliphatic carbocycles. The van der Waals surface area contributed by atoms with Crippen LogP contribution in [0.3, 0.4) is 0 Å². The van der Waals surface area contributed by atoms with Gasteiger partial charge in [-0.05, 0) is 56.2 Å². The van der Waals surface area contributed by atoms with E-state index in [9.17, 15) is 13.2 Å². The summed E-state index contributed by atoms with van der Waals surface area (Å²) in [5.41, 5.74) is 1.34. The number of pyridine rings is 1. The van der Waals surface area contributed by atoms with Crippen LogP contribution in [-0.2, 0) is 21.4 Å². The summed E-state index contributed by atoms with van der Waals surface area (Å²) in [6.07, 6.45) is 2.67. The van der Waals surface area contributed by atoms with E-state index in [1.54, 1.807) is 23.2 Å². The lowest BCUT2D eigenvalue weighted by atomic mass is 10.2. The molecule has 1 fully saturated rings. The molecule has 1 saturated heterocycles. The third-order valence-corrected chi connectivity index (χ3v) is 10.5. The van der Waals surface area contributed by atoms with E-state index in [4.69, 9.17) is 21.3 Å². The molecule has 4 heterocycles. The Bertz CT molecular complexity index is 1490. The molecule has 3 aromatic heterocycles. The van der Waals surface area contributed by atoms with Gasteiger partial charge in [0, 0.05) is 12.7 Å². The molecule has 0 N–H and O–H groups in total. The lowest BCUT2D eigenvalue weighted by Crippen LogP contribution is -2.47. The van der Waals surface area contributed by atoms with Crippen LogP contribution in [0, 0.1) is 0 Å². The van der Waals surface area contributed by atoms with E-state index in [0.717, 1.165) is 16.0 Å². The van der Waals surface area contributed by atoms with Gasteiger partial charge in [0.25, 0.3) is 10.0 Å². The average Bonchev–Trinajstić information content (AvgIpc) is 3.63. The highest BCUT2D eigenvalue weighted by Gasteiger charge is 2.42. The molecule has 36 heavy (non-hydrogen) atoms. The van der Waals surface area contributed by atoms with Crippen molar-refractivity contribution in [1.29, 1.82) is 0 Å². The molecule has 1 aromatic carbocycles. The van der Waals surface area contributed by atoms with Gasteiger partial charge in [0.1, 0.15) is 21.5 Å². The molecule has 0 saturated carbocycles. The van der Waals surface area contributed by atoms with Gasteiger partial charge in [0.05, 0.1) is 27.9 Å². The standard InChI is InChI=1S/C24H23ClN4O4S3/c1-2-33-18-9-5-10-19-22(18)27-24(34-19)28(15-16-7-3-4-13-26-16)23(30)17-8-6-14-29(17)36(31,32)21-12-11-20(25)35-21/h3-5,7,9-13,17H,2,6,8,14-15H2,1H3. The second-order valence-electron chi connectivity index (χ2n) is 8.11. The SMILES string of the molecule is CCOc1cccc2sc(N(Cc3ccccn3)C(=O)C3CCCN3S(=O)(=O)c3ccc(Cl)s3)nc12. The number of aromatic nitrogens is 2. The fourth-order valence-electron chi connectivity index (χ4n) is 4.20. The van der Waals surface area contributed by atoms with Crippen LogP contribution in [0.1, 0.15) is 25.5 Å². The number of halogens is 1. The van der Waals surface area contributed by atoms with Crippen molar-refractivity contribution < 1.29 is 17.9 Å². The lowest BCUT2D eigenvalue weighted by molar-refractivity contribution is -0.121. The Morgan fingerprint density at radius 1 is 1.19 bits per heavy atom. The molecule has 188 valence electrons. The summed E-state index contributed by atoms with van der Waals surface area (Å²) in [7, 11) is -3.87. The molecule has 0 radical (unpaired) electrons. The van der Waals surface area contributed by atoms with E-state index < -0.39 is 16.1 Å². The quantitative estimate of drug-likeness (QED) is 0.293. The molecule has 1 aliphatic heterocycles. The van der Waals surface area contributed by atoms with Crippen molar-refractivity contribution >= 4 is 65.6 Å². The number of rotatable bonds is 8. The summed E-state index contributed by atoms with van der Waals surface area (Å²) in [5.74, 6) is 0.309. The second-order valence-corrected chi connectivity index (χ2v) is 13.0. The Morgan fingerprint density at radius 2 is 2.06 bits per heavy atom. The monoisotopic (exact) mass is 562 g/mol. The van der Waals surface area contributed by atoms with Crippen LogP contribution < -0.4 is 9.64 Å². The average molecular weight is 563 g/mol. The van der Waals surface area contributed by atoms with Crippen LogP contribution in [-0.4, -0.2) is 47.8 Å². The second kappa shape index (κ2) is 10.4. The molecular weight excluding hydrogens is 540 g/mol. The van der Waals surface area contributed by atoms with Crippen molar-refractivity contribution in [2.24, 2.45) is 0 Å². The van der Waals surface area contributed by atoms with Gasteiger partial charge in [-0.1, -0.05) is 35.1 Å². The summed E-state index contributed by atoms with van der Waals surface area (Å²) in [4.78, 5) is 24.7. The number of amides is 1. The summed E-state index contributed by atoms with van der Waals surface area (Å²) >= 11 is 8.35. The number of anilines is 1. The van der Waals surface area contributed by atoms with Gasteiger partial charge in [-0.2, -0.15) is 4.31 Å². The van der Waals surface area contributed by atoms with Gasteiger partial charge in [-0.3, -0.25) is 14.7 Å². The van der Waals surface area contributed by atoms with E-state index in [-0.39, 0.29) is 23.2 Å². The van der Waals surface area contributed by atoms with Gasteiger partial charge < -0.3 is 4.74 Å². The first-order chi connectivity index (χ1) is 17.4. The fourth-order valence-corrected chi connectivity index (χ4v) is 8.45. The summed E-state index contributed by atoms with van der Waals surface area (Å²) in [6, 6.07) is 13.3. The number of para-hydroxylation sites is 1. The zero-order valence-corrected chi connectivity index (χ0v) is 22.5. The molecule has 8 nitrogen and oxygen atoms in total. The maximum absolute atomic E-state index is 14.0. The van der Waals surface area contributed by atoms with Gasteiger partial charge in [0.2, 0.25) is 5.91 Å². The summed E-state index contributed by atoms with van der Waals surface area (Å²) in [5, 5.41) is 0.469. The van der Waals surface area contributed by atoms with Crippen LogP contribution >= 0.6 is 34.3 Å². The van der Waals surface area contributed by atoms with Crippen LogP contribution in [0.5, 0.6) is 5.75 Å². The van der Waals surface area contributed by atoms with Gasteiger partial charge in [-0.15, -0.1) is 11.3 Å². The van der Waals surface area contributed by atoms with Gasteiger partial charge >= 0.3 is 0 Å². The number of benzene rings is 1. The number of carbonyl (C=O) groups is 1. The van der Waals surface area contributed by atoms with Gasteiger partial charge in [0.15, 0.2) is 5.13 Å². The number of thiophene rings is 1. The molecule has 0 spiro atoms. The van der Waals surface area contributed by atoms with E-state index >= 15 is 0 Å². The third kappa shape index (κ3) is 4.85. The fraction of sp³-hybridized carbons (Fsp3) is 0.292. The number of ether oxygens (including phenoxy) is 1. The minimum absolute atomic E-state index is 0.129. The lowest BCUT2D eigenvalue weighted by Gasteiger charge is -2.28. The van der Waals surface area contributed by atoms with Crippen molar-refractivity contribution in [2.45, 2.75) is 36.6 Å².